The Bertz CT molecular complexity index is 619. The van der Waals surface area contributed by atoms with E-state index in [1.54, 1.807) is 6.07 Å². The van der Waals surface area contributed by atoms with Crippen molar-refractivity contribution >= 4 is 5.57 Å². The number of benzene rings is 1. The zero-order chi connectivity index (χ0) is 13.2. The van der Waals surface area contributed by atoms with Gasteiger partial charge in [0.25, 0.3) is 0 Å². The second kappa shape index (κ2) is 3.53. The van der Waals surface area contributed by atoms with Crippen LogP contribution in [-0.2, 0) is 6.18 Å². The van der Waals surface area contributed by atoms with Crippen molar-refractivity contribution in [3.05, 3.63) is 52.6 Å². The SMILES string of the molecule is FC(F)(F)c1ccc2c(c1)C1CC1C1=C2CCC=C1. The molecule has 1 aromatic rings. The van der Waals surface area contributed by atoms with Crippen molar-refractivity contribution in [2.75, 3.05) is 0 Å². The largest absolute Gasteiger partial charge is 0.416 e. The van der Waals surface area contributed by atoms with E-state index in [0.717, 1.165) is 30.4 Å². The van der Waals surface area contributed by atoms with Crippen molar-refractivity contribution < 1.29 is 13.2 Å². The van der Waals surface area contributed by atoms with Crippen molar-refractivity contribution in [1.82, 2.24) is 0 Å². The molecule has 0 heterocycles. The lowest BCUT2D eigenvalue weighted by molar-refractivity contribution is -0.137. The van der Waals surface area contributed by atoms with Gasteiger partial charge in [0, 0.05) is 0 Å². The summed E-state index contributed by atoms with van der Waals surface area (Å²) in [6.07, 6.45) is 3.11. The normalized spacial score (nSPS) is 27.7. The first kappa shape index (κ1) is 11.3. The first-order valence-electron chi connectivity index (χ1n) is 6.67. The van der Waals surface area contributed by atoms with Crippen LogP contribution in [0.1, 0.15) is 41.9 Å². The van der Waals surface area contributed by atoms with Crippen LogP contribution in [-0.4, -0.2) is 0 Å². The second-order valence-electron chi connectivity index (χ2n) is 5.62. The van der Waals surface area contributed by atoms with Gasteiger partial charge in [0.2, 0.25) is 0 Å². The molecular formula is C16H13F3. The molecule has 2 unspecified atom stereocenters. The van der Waals surface area contributed by atoms with Crippen LogP contribution in [0.3, 0.4) is 0 Å². The van der Waals surface area contributed by atoms with E-state index in [1.165, 1.54) is 23.3 Å². The fourth-order valence-corrected chi connectivity index (χ4v) is 3.52. The maximum atomic E-state index is 12.8. The third-order valence-electron chi connectivity index (χ3n) is 4.50. The highest BCUT2D eigenvalue weighted by atomic mass is 19.4. The standard InChI is InChI=1S/C16H13F3/c17-16(18,19)9-5-6-12-10-3-1-2-4-11(10)14-8-15(14)13(12)7-9/h2,4-7,14-15H,1,3,8H2. The number of fused-ring (bicyclic) bond motifs is 5. The highest BCUT2D eigenvalue weighted by Crippen LogP contribution is 2.60. The first-order valence-corrected chi connectivity index (χ1v) is 6.67. The Morgan fingerprint density at radius 3 is 2.74 bits per heavy atom. The molecule has 0 aromatic heterocycles. The molecule has 0 saturated heterocycles. The minimum absolute atomic E-state index is 0.318. The van der Waals surface area contributed by atoms with Crippen molar-refractivity contribution in [1.29, 1.82) is 0 Å². The maximum Gasteiger partial charge on any atom is 0.416 e. The van der Waals surface area contributed by atoms with Crippen LogP contribution in [0.25, 0.3) is 5.57 Å². The van der Waals surface area contributed by atoms with E-state index in [4.69, 9.17) is 0 Å². The molecule has 4 rings (SSSR count). The van der Waals surface area contributed by atoms with Gasteiger partial charge in [0.05, 0.1) is 5.56 Å². The number of hydrogen-bond acceptors (Lipinski definition) is 0. The average molecular weight is 262 g/mol. The average Bonchev–Trinajstić information content (AvgIpc) is 3.18. The molecule has 0 bridgehead atoms. The molecular weight excluding hydrogens is 249 g/mol. The number of alkyl halides is 3. The Kier molecular flexibility index (Phi) is 2.10. The summed E-state index contributed by atoms with van der Waals surface area (Å²) in [7, 11) is 0. The molecule has 1 fully saturated rings. The molecule has 0 N–H and O–H groups in total. The Morgan fingerprint density at radius 1 is 1.11 bits per heavy atom. The number of allylic oxidation sites excluding steroid dienone is 4. The molecule has 98 valence electrons. The third kappa shape index (κ3) is 1.60. The monoisotopic (exact) mass is 262 g/mol. The Morgan fingerprint density at radius 2 is 1.95 bits per heavy atom. The quantitative estimate of drug-likeness (QED) is 0.622. The van der Waals surface area contributed by atoms with Crippen molar-refractivity contribution in [3.8, 4) is 0 Å². The van der Waals surface area contributed by atoms with Crippen molar-refractivity contribution in [2.24, 2.45) is 5.92 Å². The molecule has 0 nitrogen and oxygen atoms in total. The number of hydrogen-bond donors (Lipinski definition) is 0. The van der Waals surface area contributed by atoms with Crippen molar-refractivity contribution in [3.63, 3.8) is 0 Å². The molecule has 0 radical (unpaired) electrons. The summed E-state index contributed by atoms with van der Waals surface area (Å²) in [5.41, 5.74) is 4.14. The van der Waals surface area contributed by atoms with Crippen LogP contribution < -0.4 is 0 Å². The molecule has 0 amide bonds. The maximum absolute atomic E-state index is 12.8. The van der Waals surface area contributed by atoms with Crippen LogP contribution in [0, 0.1) is 5.92 Å². The predicted octanol–water partition coefficient (Wildman–Crippen LogP) is 4.93. The second-order valence-corrected chi connectivity index (χ2v) is 5.62. The molecule has 0 aliphatic heterocycles. The zero-order valence-corrected chi connectivity index (χ0v) is 10.3. The third-order valence-corrected chi connectivity index (χ3v) is 4.50. The Hall–Kier alpha value is -1.51. The fraction of sp³-hybridized carbons (Fsp3) is 0.375. The summed E-state index contributed by atoms with van der Waals surface area (Å²) < 4.78 is 38.4. The lowest BCUT2D eigenvalue weighted by Crippen LogP contribution is -2.10. The van der Waals surface area contributed by atoms with E-state index in [1.807, 2.05) is 0 Å². The Labute approximate surface area is 109 Å². The molecule has 1 aromatic carbocycles. The van der Waals surface area contributed by atoms with Gasteiger partial charge >= 0.3 is 6.18 Å². The molecule has 1 saturated carbocycles. The number of rotatable bonds is 0. The first-order chi connectivity index (χ1) is 9.05. The van der Waals surface area contributed by atoms with E-state index in [-0.39, 0.29) is 0 Å². The highest BCUT2D eigenvalue weighted by molar-refractivity contribution is 5.79. The van der Waals surface area contributed by atoms with E-state index in [9.17, 15) is 13.2 Å². The summed E-state index contributed by atoms with van der Waals surface area (Å²) in [5.74, 6) is 0.793. The summed E-state index contributed by atoms with van der Waals surface area (Å²) in [4.78, 5) is 0. The fourth-order valence-electron chi connectivity index (χ4n) is 3.52. The minimum atomic E-state index is -4.24. The van der Waals surface area contributed by atoms with Gasteiger partial charge in [-0.25, -0.2) is 0 Å². The number of halogens is 3. The van der Waals surface area contributed by atoms with E-state index in [2.05, 4.69) is 12.2 Å². The van der Waals surface area contributed by atoms with Crippen LogP contribution in [0.15, 0.2) is 35.9 Å². The molecule has 3 heteroatoms. The zero-order valence-electron chi connectivity index (χ0n) is 10.3. The van der Waals surface area contributed by atoms with E-state index < -0.39 is 11.7 Å². The van der Waals surface area contributed by atoms with Crippen LogP contribution in [0.5, 0.6) is 0 Å². The summed E-state index contributed by atoms with van der Waals surface area (Å²) in [6.45, 7) is 0. The van der Waals surface area contributed by atoms with Gasteiger partial charge in [0.1, 0.15) is 0 Å². The van der Waals surface area contributed by atoms with Crippen LogP contribution >= 0.6 is 0 Å². The van der Waals surface area contributed by atoms with Crippen molar-refractivity contribution in [2.45, 2.75) is 31.4 Å². The van der Waals surface area contributed by atoms with Crippen LogP contribution in [0.2, 0.25) is 0 Å². The molecule has 3 aliphatic rings. The van der Waals surface area contributed by atoms with Gasteiger partial charge in [-0.05, 0) is 65.5 Å². The smallest absolute Gasteiger partial charge is 0.166 e. The summed E-state index contributed by atoms with van der Waals surface area (Å²) in [6, 6.07) is 4.29. The van der Waals surface area contributed by atoms with Crippen LogP contribution in [0.4, 0.5) is 13.2 Å². The molecule has 0 spiro atoms. The van der Waals surface area contributed by atoms with Gasteiger partial charge in [-0.2, -0.15) is 13.2 Å². The van der Waals surface area contributed by atoms with Gasteiger partial charge in [0.15, 0.2) is 0 Å². The topological polar surface area (TPSA) is 0 Å². The minimum Gasteiger partial charge on any atom is -0.166 e. The van der Waals surface area contributed by atoms with Gasteiger partial charge in [-0.1, -0.05) is 18.2 Å². The van der Waals surface area contributed by atoms with Gasteiger partial charge < -0.3 is 0 Å². The summed E-state index contributed by atoms with van der Waals surface area (Å²) >= 11 is 0. The van der Waals surface area contributed by atoms with Gasteiger partial charge in [-0.3, -0.25) is 0 Å². The Balaban J connectivity index is 1.89. The lowest BCUT2D eigenvalue weighted by Gasteiger charge is -2.24. The van der Waals surface area contributed by atoms with E-state index in [0.29, 0.717) is 11.8 Å². The molecule has 19 heavy (non-hydrogen) atoms. The summed E-state index contributed by atoms with van der Waals surface area (Å²) in [5, 5.41) is 0. The predicted molar refractivity (Wildman–Crippen MR) is 67.6 cm³/mol. The highest BCUT2D eigenvalue weighted by Gasteiger charge is 2.47. The molecule has 2 atom stereocenters. The van der Waals surface area contributed by atoms with Gasteiger partial charge in [-0.15, -0.1) is 0 Å². The lowest BCUT2D eigenvalue weighted by atomic mass is 9.80. The van der Waals surface area contributed by atoms with E-state index >= 15 is 0 Å². The molecule has 3 aliphatic carbocycles.